The molecule has 1 aromatic carbocycles. The molecule has 19 heavy (non-hydrogen) atoms. The van der Waals surface area contributed by atoms with Crippen molar-refractivity contribution in [3.05, 3.63) is 29.8 Å². The zero-order chi connectivity index (χ0) is 14.4. The van der Waals surface area contributed by atoms with E-state index >= 15 is 0 Å². The van der Waals surface area contributed by atoms with Crippen LogP contribution in [0.1, 0.15) is 10.4 Å². The summed E-state index contributed by atoms with van der Waals surface area (Å²) in [5, 5.41) is 1.70. The number of esters is 1. The smallest absolute Gasteiger partial charge is 0.325 e. The Labute approximate surface area is 117 Å². The number of hydrogen-bond donors (Lipinski definition) is 1. The molecule has 1 amide bonds. The van der Waals surface area contributed by atoms with Crippen LogP contribution in [0.15, 0.2) is 24.3 Å². The lowest BCUT2D eigenvalue weighted by atomic mass is 10.2. The minimum absolute atomic E-state index is 0.0303. The number of hydrogen-bond acceptors (Lipinski definition) is 4. The summed E-state index contributed by atoms with van der Waals surface area (Å²) in [7, 11) is 5.09. The van der Waals surface area contributed by atoms with Crippen LogP contribution in [0.4, 0.5) is 5.69 Å². The second kappa shape index (κ2) is 6.99. The average molecular weight is 285 g/mol. The number of carbonyl (C=O) groups is 2. The molecule has 0 saturated carbocycles. The minimum Gasteiger partial charge on any atom is -0.468 e. The lowest BCUT2D eigenvalue weighted by Gasteiger charge is -2.13. The van der Waals surface area contributed by atoms with Gasteiger partial charge in [-0.2, -0.15) is 0 Å². The summed E-state index contributed by atoms with van der Waals surface area (Å²) in [6.07, 6.45) is 0. The monoisotopic (exact) mass is 284 g/mol. The van der Waals surface area contributed by atoms with Gasteiger partial charge in [-0.3, -0.25) is 9.59 Å². The first-order valence-electron chi connectivity index (χ1n) is 5.73. The molecule has 1 aromatic rings. The zero-order valence-electron chi connectivity index (χ0n) is 11.1. The summed E-state index contributed by atoms with van der Waals surface area (Å²) in [6, 6.07) is 7.11. The van der Waals surface area contributed by atoms with Gasteiger partial charge in [0, 0.05) is 31.9 Å². The van der Waals surface area contributed by atoms with E-state index in [9.17, 15) is 9.59 Å². The van der Waals surface area contributed by atoms with Crippen LogP contribution in [0.2, 0.25) is 0 Å². The summed E-state index contributed by atoms with van der Waals surface area (Å²) in [4.78, 5) is 24.8. The molecule has 0 aliphatic rings. The molecule has 0 aromatic heterocycles. The largest absolute Gasteiger partial charge is 0.468 e. The summed E-state index contributed by atoms with van der Waals surface area (Å²) in [6.45, 7) is 0.0303. The predicted molar refractivity (Wildman–Crippen MR) is 74.8 cm³/mol. The van der Waals surface area contributed by atoms with Crippen molar-refractivity contribution < 1.29 is 14.3 Å². The average Bonchev–Trinajstić information content (AvgIpc) is 2.43. The number of carbonyl (C=O) groups excluding carboxylic acids is 2. The van der Waals surface area contributed by atoms with E-state index in [1.165, 1.54) is 7.11 Å². The van der Waals surface area contributed by atoms with Crippen LogP contribution in [0.3, 0.4) is 0 Å². The van der Waals surface area contributed by atoms with Crippen molar-refractivity contribution in [3.8, 4) is 0 Å². The predicted octanol–water partition coefficient (Wildman–Crippen LogP) is 1.26. The zero-order valence-corrected chi connectivity index (χ0v) is 11.9. The SMILES string of the molecule is COC(=O)C(Cl)CNC(=O)c1ccc(N(C)C)cc1. The third-order valence-electron chi connectivity index (χ3n) is 2.54. The molecule has 104 valence electrons. The van der Waals surface area contributed by atoms with Crippen molar-refractivity contribution in [1.82, 2.24) is 5.32 Å². The Balaban J connectivity index is 2.56. The van der Waals surface area contributed by atoms with Crippen molar-refractivity contribution >= 4 is 29.2 Å². The number of ether oxygens (including phenoxy) is 1. The Hall–Kier alpha value is -1.75. The molecule has 5 nitrogen and oxygen atoms in total. The Kier molecular flexibility index (Phi) is 5.63. The van der Waals surface area contributed by atoms with Crippen LogP contribution in [0.5, 0.6) is 0 Å². The van der Waals surface area contributed by atoms with Gasteiger partial charge in [0.1, 0.15) is 5.38 Å². The van der Waals surface area contributed by atoms with E-state index in [0.717, 1.165) is 5.69 Å². The molecule has 0 saturated heterocycles. The Morgan fingerprint density at radius 2 is 1.89 bits per heavy atom. The molecule has 0 aliphatic carbocycles. The molecule has 0 radical (unpaired) electrons. The standard InChI is InChI=1S/C13H17ClN2O3/c1-16(2)10-6-4-9(5-7-10)12(17)15-8-11(14)13(18)19-3/h4-7,11H,8H2,1-3H3,(H,15,17). The van der Waals surface area contributed by atoms with Crippen molar-refractivity contribution in [2.45, 2.75) is 5.38 Å². The summed E-state index contributed by atoms with van der Waals surface area (Å²) in [5.74, 6) is -0.843. The topological polar surface area (TPSA) is 58.6 Å². The number of nitrogens with zero attached hydrogens (tertiary/aromatic N) is 1. The van der Waals surface area contributed by atoms with E-state index in [1.54, 1.807) is 12.1 Å². The third kappa shape index (κ3) is 4.44. The van der Waals surface area contributed by atoms with E-state index in [-0.39, 0.29) is 12.5 Å². The Morgan fingerprint density at radius 1 is 1.32 bits per heavy atom. The highest BCUT2D eigenvalue weighted by Gasteiger charge is 2.17. The first kappa shape index (κ1) is 15.3. The van der Waals surface area contributed by atoms with E-state index in [1.807, 2.05) is 31.1 Å². The van der Waals surface area contributed by atoms with Gasteiger partial charge in [0.05, 0.1) is 7.11 Å². The van der Waals surface area contributed by atoms with Gasteiger partial charge in [-0.25, -0.2) is 0 Å². The second-order valence-corrected chi connectivity index (χ2v) is 4.67. The molecule has 1 unspecified atom stereocenters. The number of anilines is 1. The molecule has 0 bridgehead atoms. The highest BCUT2D eigenvalue weighted by molar-refractivity contribution is 6.30. The normalized spacial score (nSPS) is 11.6. The summed E-state index contributed by atoms with van der Waals surface area (Å²) >= 11 is 5.73. The van der Waals surface area contributed by atoms with Crippen LogP contribution in [0.25, 0.3) is 0 Å². The molecule has 6 heteroatoms. The fourth-order valence-electron chi connectivity index (χ4n) is 1.41. The number of halogens is 1. The quantitative estimate of drug-likeness (QED) is 0.653. The molecule has 1 atom stereocenters. The molecule has 0 spiro atoms. The van der Waals surface area contributed by atoms with Crippen molar-refractivity contribution in [2.24, 2.45) is 0 Å². The first-order valence-corrected chi connectivity index (χ1v) is 6.17. The first-order chi connectivity index (χ1) is 8.95. The number of methoxy groups -OCH3 is 1. The van der Waals surface area contributed by atoms with Crippen LogP contribution >= 0.6 is 11.6 Å². The highest BCUT2D eigenvalue weighted by atomic mass is 35.5. The number of rotatable bonds is 5. The molecular formula is C13H17ClN2O3. The van der Waals surface area contributed by atoms with Gasteiger partial charge in [0.15, 0.2) is 0 Å². The highest BCUT2D eigenvalue weighted by Crippen LogP contribution is 2.12. The summed E-state index contributed by atoms with van der Waals surface area (Å²) in [5.41, 5.74) is 1.51. The Morgan fingerprint density at radius 3 is 2.37 bits per heavy atom. The van der Waals surface area contributed by atoms with Gasteiger partial charge in [0.25, 0.3) is 5.91 Å². The molecule has 0 heterocycles. The van der Waals surface area contributed by atoms with Gasteiger partial charge >= 0.3 is 5.97 Å². The van der Waals surface area contributed by atoms with E-state index in [0.29, 0.717) is 5.56 Å². The van der Waals surface area contributed by atoms with Crippen LogP contribution in [0, 0.1) is 0 Å². The molecule has 0 aliphatic heterocycles. The molecule has 1 N–H and O–H groups in total. The number of nitrogens with one attached hydrogen (secondary N) is 1. The van der Waals surface area contributed by atoms with Gasteiger partial charge in [0.2, 0.25) is 0 Å². The maximum atomic E-state index is 11.8. The summed E-state index contributed by atoms with van der Waals surface area (Å²) < 4.78 is 4.46. The van der Waals surface area contributed by atoms with Crippen LogP contribution in [-0.4, -0.2) is 45.0 Å². The van der Waals surface area contributed by atoms with Crippen molar-refractivity contribution in [2.75, 3.05) is 32.6 Å². The van der Waals surface area contributed by atoms with Crippen LogP contribution < -0.4 is 10.2 Å². The molecular weight excluding hydrogens is 268 g/mol. The fraction of sp³-hybridized carbons (Fsp3) is 0.385. The van der Waals surface area contributed by atoms with E-state index < -0.39 is 11.3 Å². The van der Waals surface area contributed by atoms with Gasteiger partial charge < -0.3 is 15.0 Å². The number of amides is 1. The van der Waals surface area contributed by atoms with E-state index in [2.05, 4.69) is 10.1 Å². The minimum atomic E-state index is -0.880. The maximum absolute atomic E-state index is 11.8. The van der Waals surface area contributed by atoms with Crippen molar-refractivity contribution in [3.63, 3.8) is 0 Å². The van der Waals surface area contributed by atoms with Crippen LogP contribution in [-0.2, 0) is 9.53 Å². The van der Waals surface area contributed by atoms with Gasteiger partial charge in [-0.1, -0.05) is 0 Å². The van der Waals surface area contributed by atoms with E-state index in [4.69, 9.17) is 11.6 Å². The Bertz CT molecular complexity index is 446. The number of benzene rings is 1. The lowest BCUT2D eigenvalue weighted by molar-refractivity contribution is -0.140. The maximum Gasteiger partial charge on any atom is 0.325 e. The second-order valence-electron chi connectivity index (χ2n) is 4.14. The molecule has 1 rings (SSSR count). The molecule has 0 fully saturated rings. The third-order valence-corrected chi connectivity index (χ3v) is 2.88. The van der Waals surface area contributed by atoms with Gasteiger partial charge in [-0.15, -0.1) is 11.6 Å². The lowest BCUT2D eigenvalue weighted by Crippen LogP contribution is -2.34. The van der Waals surface area contributed by atoms with Gasteiger partial charge in [-0.05, 0) is 24.3 Å². The number of alkyl halides is 1. The van der Waals surface area contributed by atoms with Crippen molar-refractivity contribution in [1.29, 1.82) is 0 Å². The fourth-order valence-corrected chi connectivity index (χ4v) is 1.57.